The van der Waals surface area contributed by atoms with E-state index in [1.807, 2.05) is 42.5 Å². The van der Waals surface area contributed by atoms with Crippen LogP contribution >= 0.6 is 0 Å². The zero-order valence-electron chi connectivity index (χ0n) is 14.3. The van der Waals surface area contributed by atoms with Gasteiger partial charge >= 0.3 is 0 Å². The molecule has 3 N–H and O–H groups in total. The van der Waals surface area contributed by atoms with E-state index in [0.717, 1.165) is 11.1 Å². The zero-order chi connectivity index (χ0) is 17.8. The van der Waals surface area contributed by atoms with Crippen molar-refractivity contribution in [3.05, 3.63) is 53.9 Å². The molecule has 1 heterocycles. The third-order valence-corrected chi connectivity index (χ3v) is 3.91. The molecule has 0 aliphatic heterocycles. The van der Waals surface area contributed by atoms with Gasteiger partial charge in [-0.3, -0.25) is 5.10 Å². The van der Waals surface area contributed by atoms with E-state index in [9.17, 15) is 0 Å². The first-order valence-electron chi connectivity index (χ1n) is 7.71. The molecule has 0 amide bonds. The lowest BCUT2D eigenvalue weighted by molar-refractivity contribution is 0.354. The number of aromatic nitrogens is 3. The molecule has 1 atom stereocenters. The van der Waals surface area contributed by atoms with Crippen molar-refractivity contribution in [3.8, 4) is 28.6 Å². The van der Waals surface area contributed by atoms with Crippen LogP contribution in [0.25, 0.3) is 11.4 Å². The molecule has 0 unspecified atom stereocenters. The van der Waals surface area contributed by atoms with Gasteiger partial charge in [-0.15, -0.1) is 0 Å². The summed E-state index contributed by atoms with van der Waals surface area (Å²) in [6.07, 6.45) is 0. The summed E-state index contributed by atoms with van der Waals surface area (Å²) in [7, 11) is 4.79. The van der Waals surface area contributed by atoms with Crippen LogP contribution in [0, 0.1) is 0 Å². The zero-order valence-corrected chi connectivity index (χ0v) is 14.3. The van der Waals surface area contributed by atoms with E-state index in [1.165, 1.54) is 0 Å². The second kappa shape index (κ2) is 7.23. The number of nitrogens with zero attached hydrogens (tertiary/aromatic N) is 2. The molecule has 7 heteroatoms. The maximum absolute atomic E-state index is 6.33. The van der Waals surface area contributed by atoms with Gasteiger partial charge in [0.25, 0.3) is 0 Å². The van der Waals surface area contributed by atoms with Crippen LogP contribution < -0.4 is 19.9 Å². The van der Waals surface area contributed by atoms with Gasteiger partial charge in [-0.2, -0.15) is 5.10 Å². The van der Waals surface area contributed by atoms with Crippen molar-refractivity contribution < 1.29 is 14.2 Å². The molecule has 0 aliphatic carbocycles. The van der Waals surface area contributed by atoms with Crippen LogP contribution in [0.2, 0.25) is 0 Å². The summed E-state index contributed by atoms with van der Waals surface area (Å²) in [6, 6.07) is 12.6. The van der Waals surface area contributed by atoms with Crippen molar-refractivity contribution in [2.75, 3.05) is 21.3 Å². The minimum atomic E-state index is -0.476. The summed E-state index contributed by atoms with van der Waals surface area (Å²) < 4.78 is 15.9. The van der Waals surface area contributed by atoms with Crippen molar-refractivity contribution in [1.82, 2.24) is 15.2 Å². The molecule has 0 spiro atoms. The molecular formula is C18H20N4O3. The fourth-order valence-electron chi connectivity index (χ4n) is 2.57. The van der Waals surface area contributed by atoms with E-state index in [4.69, 9.17) is 19.9 Å². The van der Waals surface area contributed by atoms with E-state index >= 15 is 0 Å². The topological polar surface area (TPSA) is 95.3 Å². The van der Waals surface area contributed by atoms with Gasteiger partial charge in [-0.25, -0.2) is 4.98 Å². The standard InChI is InChI=1S/C18H20N4O3/c1-23-13-7-5-4-6-12(13)17-20-18(22-21-17)16(19)11-8-9-14(24-2)15(10-11)25-3/h4-10,16H,19H2,1-3H3,(H,20,21,22)/t16-/m1/s1. The summed E-state index contributed by atoms with van der Waals surface area (Å²) in [5, 5.41) is 7.17. The molecule has 0 aliphatic rings. The Hall–Kier alpha value is -3.06. The highest BCUT2D eigenvalue weighted by atomic mass is 16.5. The number of nitrogens with two attached hydrogens (primary N) is 1. The summed E-state index contributed by atoms with van der Waals surface area (Å²) in [6.45, 7) is 0. The molecule has 0 bridgehead atoms. The smallest absolute Gasteiger partial charge is 0.184 e. The predicted molar refractivity (Wildman–Crippen MR) is 93.9 cm³/mol. The average Bonchev–Trinajstić information content (AvgIpc) is 3.16. The quantitative estimate of drug-likeness (QED) is 0.716. The number of para-hydroxylation sites is 1. The van der Waals surface area contributed by atoms with Crippen LogP contribution in [0.3, 0.4) is 0 Å². The lowest BCUT2D eigenvalue weighted by atomic mass is 10.1. The third-order valence-electron chi connectivity index (χ3n) is 3.91. The van der Waals surface area contributed by atoms with Gasteiger partial charge in [0.1, 0.15) is 11.6 Å². The molecular weight excluding hydrogens is 320 g/mol. The number of methoxy groups -OCH3 is 3. The Kier molecular flexibility index (Phi) is 4.85. The number of ether oxygens (including phenoxy) is 3. The number of nitrogens with one attached hydrogen (secondary N) is 1. The monoisotopic (exact) mass is 340 g/mol. The van der Waals surface area contributed by atoms with Crippen LogP contribution in [0.5, 0.6) is 17.2 Å². The second-order valence-corrected chi connectivity index (χ2v) is 5.34. The fourth-order valence-corrected chi connectivity index (χ4v) is 2.57. The fraction of sp³-hybridized carbons (Fsp3) is 0.222. The molecule has 1 aromatic heterocycles. The maximum atomic E-state index is 6.33. The first-order chi connectivity index (χ1) is 12.2. The number of aromatic amines is 1. The maximum Gasteiger partial charge on any atom is 0.184 e. The van der Waals surface area contributed by atoms with Crippen LogP contribution in [0.1, 0.15) is 17.4 Å². The summed E-state index contributed by atoms with van der Waals surface area (Å²) in [5.41, 5.74) is 7.96. The van der Waals surface area contributed by atoms with Crippen LogP contribution in [0.4, 0.5) is 0 Å². The van der Waals surface area contributed by atoms with E-state index in [2.05, 4.69) is 15.2 Å². The Labute approximate surface area is 145 Å². The molecule has 7 nitrogen and oxygen atoms in total. The highest BCUT2D eigenvalue weighted by Crippen LogP contribution is 2.32. The van der Waals surface area contributed by atoms with Gasteiger partial charge in [0, 0.05) is 0 Å². The van der Waals surface area contributed by atoms with Crippen LogP contribution in [-0.4, -0.2) is 36.5 Å². The Bertz CT molecular complexity index is 863. The Balaban J connectivity index is 1.92. The van der Waals surface area contributed by atoms with Crippen molar-refractivity contribution in [2.24, 2.45) is 5.73 Å². The SMILES string of the molecule is COc1ccc([C@@H](N)c2nc(-c3ccccc3OC)n[nH]2)cc1OC. The number of benzene rings is 2. The van der Waals surface area contributed by atoms with Crippen molar-refractivity contribution in [2.45, 2.75) is 6.04 Å². The molecule has 0 saturated heterocycles. The Morgan fingerprint density at radius 1 is 0.920 bits per heavy atom. The molecule has 0 radical (unpaired) electrons. The minimum Gasteiger partial charge on any atom is -0.496 e. The molecule has 3 rings (SSSR count). The van der Waals surface area contributed by atoms with Crippen LogP contribution in [0.15, 0.2) is 42.5 Å². The van der Waals surface area contributed by atoms with E-state index < -0.39 is 6.04 Å². The Morgan fingerprint density at radius 2 is 1.64 bits per heavy atom. The lowest BCUT2D eigenvalue weighted by Gasteiger charge is -2.13. The van der Waals surface area contributed by atoms with Gasteiger partial charge < -0.3 is 19.9 Å². The molecule has 130 valence electrons. The van der Waals surface area contributed by atoms with Gasteiger partial charge in [0.05, 0.1) is 32.9 Å². The molecule has 0 saturated carbocycles. The second-order valence-electron chi connectivity index (χ2n) is 5.34. The molecule has 2 aromatic carbocycles. The van der Waals surface area contributed by atoms with E-state index in [0.29, 0.717) is 28.9 Å². The molecule has 0 fully saturated rings. The summed E-state index contributed by atoms with van der Waals surface area (Å²) in [4.78, 5) is 4.52. The first kappa shape index (κ1) is 16.8. The van der Waals surface area contributed by atoms with E-state index in [-0.39, 0.29) is 0 Å². The van der Waals surface area contributed by atoms with Crippen LogP contribution in [-0.2, 0) is 0 Å². The van der Waals surface area contributed by atoms with Gasteiger partial charge in [0.2, 0.25) is 0 Å². The lowest BCUT2D eigenvalue weighted by Crippen LogP contribution is -2.14. The molecule has 3 aromatic rings. The van der Waals surface area contributed by atoms with Gasteiger partial charge in [-0.1, -0.05) is 18.2 Å². The van der Waals surface area contributed by atoms with Crippen molar-refractivity contribution in [3.63, 3.8) is 0 Å². The number of hydrogen-bond donors (Lipinski definition) is 2. The summed E-state index contributed by atoms with van der Waals surface area (Å²) >= 11 is 0. The highest BCUT2D eigenvalue weighted by molar-refractivity contribution is 5.63. The minimum absolute atomic E-state index is 0.476. The van der Waals surface area contributed by atoms with Crippen molar-refractivity contribution in [1.29, 1.82) is 0 Å². The first-order valence-corrected chi connectivity index (χ1v) is 7.71. The number of hydrogen-bond acceptors (Lipinski definition) is 6. The normalized spacial score (nSPS) is 11.8. The predicted octanol–water partition coefficient (Wildman–Crippen LogP) is 2.55. The Morgan fingerprint density at radius 3 is 2.36 bits per heavy atom. The highest BCUT2D eigenvalue weighted by Gasteiger charge is 2.18. The van der Waals surface area contributed by atoms with Gasteiger partial charge in [0.15, 0.2) is 17.3 Å². The number of H-pyrrole nitrogens is 1. The van der Waals surface area contributed by atoms with E-state index in [1.54, 1.807) is 21.3 Å². The third kappa shape index (κ3) is 3.27. The summed E-state index contributed by atoms with van der Waals surface area (Å²) in [5.74, 6) is 3.04. The van der Waals surface area contributed by atoms with Gasteiger partial charge in [-0.05, 0) is 29.8 Å². The largest absolute Gasteiger partial charge is 0.496 e. The molecule has 25 heavy (non-hydrogen) atoms. The average molecular weight is 340 g/mol. The number of rotatable bonds is 6. The van der Waals surface area contributed by atoms with Crippen molar-refractivity contribution >= 4 is 0 Å².